The predicted molar refractivity (Wildman–Crippen MR) is 104 cm³/mol. The zero-order valence-corrected chi connectivity index (χ0v) is 15.3. The molecule has 7 heteroatoms. The molecule has 0 radical (unpaired) electrons. The zero-order chi connectivity index (χ0) is 19.7. The standard InChI is InChI=1S/C21H19N3O4/c1-14(25)22-12-18-13-24(21(27)28-18)17-7-5-15(6-8-17)20(26)19-10-9-16-4-2-3-11-23(16)19/h2-11,18H,12-13H2,1H3,(H,22,25)/t18-/m0/s1. The number of fused-ring (bicyclic) bond motifs is 1. The number of carbonyl (C=O) groups excluding carboxylic acids is 3. The van der Waals surface area contributed by atoms with Gasteiger partial charge in [-0.2, -0.15) is 0 Å². The number of nitrogens with zero attached hydrogens (tertiary/aromatic N) is 2. The fourth-order valence-electron chi connectivity index (χ4n) is 3.28. The topological polar surface area (TPSA) is 80.1 Å². The Morgan fingerprint density at radius 3 is 2.64 bits per heavy atom. The summed E-state index contributed by atoms with van der Waals surface area (Å²) in [6.45, 7) is 2.03. The quantitative estimate of drug-likeness (QED) is 0.693. The first-order valence-electron chi connectivity index (χ1n) is 8.96. The van der Waals surface area contributed by atoms with Gasteiger partial charge in [0.2, 0.25) is 11.7 Å². The van der Waals surface area contributed by atoms with Gasteiger partial charge in [0.1, 0.15) is 6.10 Å². The van der Waals surface area contributed by atoms with Crippen molar-refractivity contribution in [2.75, 3.05) is 18.0 Å². The van der Waals surface area contributed by atoms with Gasteiger partial charge in [-0.3, -0.25) is 14.5 Å². The molecule has 28 heavy (non-hydrogen) atoms. The maximum absolute atomic E-state index is 12.9. The van der Waals surface area contributed by atoms with Crippen LogP contribution in [0, 0.1) is 0 Å². The molecule has 0 aliphatic carbocycles. The normalized spacial score (nSPS) is 16.2. The number of anilines is 1. The number of carbonyl (C=O) groups is 3. The van der Waals surface area contributed by atoms with Gasteiger partial charge in [0.25, 0.3) is 0 Å². The van der Waals surface area contributed by atoms with Crippen LogP contribution in [-0.4, -0.2) is 41.4 Å². The highest BCUT2D eigenvalue weighted by atomic mass is 16.6. The van der Waals surface area contributed by atoms with Crippen LogP contribution in [-0.2, 0) is 9.53 Å². The Balaban J connectivity index is 1.50. The molecule has 1 aliphatic rings. The third kappa shape index (κ3) is 3.34. The van der Waals surface area contributed by atoms with Crippen LogP contribution in [0.4, 0.5) is 10.5 Å². The Kier molecular flexibility index (Phi) is 4.57. The second kappa shape index (κ2) is 7.19. The number of hydrogen-bond donors (Lipinski definition) is 1. The Morgan fingerprint density at radius 2 is 1.89 bits per heavy atom. The summed E-state index contributed by atoms with van der Waals surface area (Å²) < 4.78 is 7.11. The van der Waals surface area contributed by atoms with Gasteiger partial charge >= 0.3 is 6.09 Å². The minimum Gasteiger partial charge on any atom is -0.442 e. The lowest BCUT2D eigenvalue weighted by Gasteiger charge is -2.13. The van der Waals surface area contributed by atoms with Crippen molar-refractivity contribution in [1.82, 2.24) is 9.72 Å². The van der Waals surface area contributed by atoms with E-state index < -0.39 is 12.2 Å². The molecule has 0 unspecified atom stereocenters. The number of rotatable bonds is 5. The van der Waals surface area contributed by atoms with Crippen LogP contribution in [0.1, 0.15) is 23.0 Å². The average molecular weight is 377 g/mol. The van der Waals surface area contributed by atoms with Crippen molar-refractivity contribution in [2.24, 2.45) is 0 Å². The number of amides is 2. The van der Waals surface area contributed by atoms with E-state index in [1.165, 1.54) is 11.8 Å². The predicted octanol–water partition coefficient (Wildman–Crippen LogP) is 2.63. The van der Waals surface area contributed by atoms with E-state index >= 15 is 0 Å². The van der Waals surface area contributed by atoms with E-state index in [1.54, 1.807) is 30.3 Å². The lowest BCUT2D eigenvalue weighted by Crippen LogP contribution is -2.33. The van der Waals surface area contributed by atoms with Gasteiger partial charge in [-0.05, 0) is 48.5 Å². The second-order valence-corrected chi connectivity index (χ2v) is 6.64. The van der Waals surface area contributed by atoms with Crippen molar-refractivity contribution < 1.29 is 19.1 Å². The molecule has 0 saturated carbocycles. The van der Waals surface area contributed by atoms with E-state index in [0.717, 1.165) is 5.52 Å². The maximum Gasteiger partial charge on any atom is 0.414 e. The van der Waals surface area contributed by atoms with Crippen LogP contribution >= 0.6 is 0 Å². The summed E-state index contributed by atoms with van der Waals surface area (Å²) in [6.07, 6.45) is 0.989. The zero-order valence-electron chi connectivity index (χ0n) is 15.3. The molecule has 2 aromatic heterocycles. The minimum atomic E-state index is -0.466. The van der Waals surface area contributed by atoms with Crippen LogP contribution in [0.15, 0.2) is 60.8 Å². The van der Waals surface area contributed by atoms with Crippen molar-refractivity contribution in [3.63, 3.8) is 0 Å². The lowest BCUT2D eigenvalue weighted by atomic mass is 10.1. The minimum absolute atomic E-state index is 0.0923. The number of pyridine rings is 1. The van der Waals surface area contributed by atoms with E-state index in [9.17, 15) is 14.4 Å². The number of cyclic esters (lactones) is 1. The fourth-order valence-corrected chi connectivity index (χ4v) is 3.28. The molecule has 7 nitrogen and oxygen atoms in total. The molecule has 0 spiro atoms. The summed E-state index contributed by atoms with van der Waals surface area (Å²) in [4.78, 5) is 37.5. The Bertz CT molecular complexity index is 1050. The molecule has 3 aromatic rings. The van der Waals surface area contributed by atoms with Crippen molar-refractivity contribution in [1.29, 1.82) is 0 Å². The summed E-state index contributed by atoms with van der Waals surface area (Å²) in [6, 6.07) is 16.3. The molecule has 4 rings (SSSR count). The largest absolute Gasteiger partial charge is 0.442 e. The Morgan fingerprint density at radius 1 is 1.11 bits per heavy atom. The van der Waals surface area contributed by atoms with Crippen LogP contribution in [0.25, 0.3) is 5.52 Å². The molecule has 1 fully saturated rings. The van der Waals surface area contributed by atoms with Gasteiger partial charge in [0.15, 0.2) is 0 Å². The van der Waals surface area contributed by atoms with E-state index in [4.69, 9.17) is 4.74 Å². The van der Waals surface area contributed by atoms with E-state index in [-0.39, 0.29) is 18.2 Å². The molecule has 2 amide bonds. The number of benzene rings is 1. The molecule has 1 aromatic carbocycles. The summed E-state index contributed by atoms with van der Waals surface area (Å²) in [5, 5.41) is 2.64. The highest BCUT2D eigenvalue weighted by molar-refractivity contribution is 6.09. The van der Waals surface area contributed by atoms with Gasteiger partial charge in [-0.1, -0.05) is 6.07 Å². The van der Waals surface area contributed by atoms with E-state index in [1.807, 2.05) is 34.9 Å². The second-order valence-electron chi connectivity index (χ2n) is 6.64. The number of nitrogens with one attached hydrogen (secondary N) is 1. The summed E-state index contributed by atoms with van der Waals surface area (Å²) in [5.74, 6) is -0.263. The SMILES string of the molecule is CC(=O)NC[C@H]1CN(c2ccc(C(=O)c3ccc4ccccn34)cc2)C(=O)O1. The molecule has 142 valence electrons. The van der Waals surface area contributed by atoms with Crippen molar-refractivity contribution in [3.05, 3.63) is 72.1 Å². The number of ether oxygens (including phenoxy) is 1. The van der Waals surface area contributed by atoms with E-state index in [0.29, 0.717) is 23.5 Å². The number of aromatic nitrogens is 1. The summed E-state index contributed by atoms with van der Waals surface area (Å²) >= 11 is 0. The van der Waals surface area contributed by atoms with E-state index in [2.05, 4.69) is 5.32 Å². The van der Waals surface area contributed by atoms with Gasteiger partial charge < -0.3 is 14.5 Å². The van der Waals surface area contributed by atoms with Crippen LogP contribution in [0.3, 0.4) is 0 Å². The van der Waals surface area contributed by atoms with Crippen molar-refractivity contribution >= 4 is 29.0 Å². The van der Waals surface area contributed by atoms with Gasteiger partial charge in [-0.15, -0.1) is 0 Å². The maximum atomic E-state index is 12.9. The Hall–Kier alpha value is -3.61. The lowest BCUT2D eigenvalue weighted by molar-refractivity contribution is -0.119. The molecule has 1 atom stereocenters. The number of ketones is 1. The molecule has 1 aliphatic heterocycles. The molecule has 1 N–H and O–H groups in total. The van der Waals surface area contributed by atoms with Crippen LogP contribution in [0.2, 0.25) is 0 Å². The molecule has 0 bridgehead atoms. The monoisotopic (exact) mass is 377 g/mol. The molecule has 1 saturated heterocycles. The third-order valence-corrected chi connectivity index (χ3v) is 4.69. The van der Waals surface area contributed by atoms with Crippen LogP contribution in [0.5, 0.6) is 0 Å². The smallest absolute Gasteiger partial charge is 0.414 e. The fraction of sp³-hybridized carbons (Fsp3) is 0.190. The first-order chi connectivity index (χ1) is 13.5. The highest BCUT2D eigenvalue weighted by Gasteiger charge is 2.32. The summed E-state index contributed by atoms with van der Waals surface area (Å²) in [7, 11) is 0. The van der Waals surface area contributed by atoms with Crippen LogP contribution < -0.4 is 10.2 Å². The molecular formula is C21H19N3O4. The highest BCUT2D eigenvalue weighted by Crippen LogP contribution is 2.23. The average Bonchev–Trinajstić information content (AvgIpc) is 3.29. The molecular weight excluding hydrogens is 358 g/mol. The van der Waals surface area contributed by atoms with Gasteiger partial charge in [-0.25, -0.2) is 4.79 Å². The first kappa shape index (κ1) is 17.8. The molecule has 3 heterocycles. The first-order valence-corrected chi connectivity index (χ1v) is 8.96. The van der Waals surface area contributed by atoms with Gasteiger partial charge in [0, 0.05) is 29.9 Å². The third-order valence-electron chi connectivity index (χ3n) is 4.69. The summed E-state index contributed by atoms with van der Waals surface area (Å²) in [5.41, 5.74) is 2.72. The van der Waals surface area contributed by atoms with Crippen molar-refractivity contribution in [3.8, 4) is 0 Å². The van der Waals surface area contributed by atoms with Crippen molar-refractivity contribution in [2.45, 2.75) is 13.0 Å². The number of hydrogen-bond acceptors (Lipinski definition) is 4. The van der Waals surface area contributed by atoms with Gasteiger partial charge in [0.05, 0.1) is 18.8 Å². The Labute approximate surface area is 161 Å².